The fourth-order valence-electron chi connectivity index (χ4n) is 1.79. The lowest BCUT2D eigenvalue weighted by atomic mass is 10.2. The summed E-state index contributed by atoms with van der Waals surface area (Å²) in [6.45, 7) is 4.43. The Morgan fingerprint density at radius 2 is 2.10 bits per heavy atom. The van der Waals surface area contributed by atoms with Crippen molar-refractivity contribution in [1.29, 1.82) is 0 Å². The van der Waals surface area contributed by atoms with Gasteiger partial charge in [-0.05, 0) is 37.6 Å². The van der Waals surface area contributed by atoms with E-state index in [1.54, 1.807) is 29.8 Å². The van der Waals surface area contributed by atoms with Gasteiger partial charge in [0, 0.05) is 15.7 Å². The third kappa shape index (κ3) is 3.32. The van der Waals surface area contributed by atoms with Gasteiger partial charge < -0.3 is 4.74 Å². The summed E-state index contributed by atoms with van der Waals surface area (Å²) in [6, 6.07) is 7.00. The molecule has 0 amide bonds. The second-order valence-electron chi connectivity index (χ2n) is 4.28. The van der Waals surface area contributed by atoms with Crippen LogP contribution in [0, 0.1) is 6.92 Å². The number of rotatable bonds is 4. The van der Waals surface area contributed by atoms with Crippen LogP contribution < -0.4 is 0 Å². The first-order chi connectivity index (χ1) is 9.51. The molecule has 0 saturated carbocycles. The predicted octanol–water partition coefficient (Wildman–Crippen LogP) is 3.72. The van der Waals surface area contributed by atoms with E-state index in [9.17, 15) is 4.79 Å². The molecule has 0 saturated heterocycles. The van der Waals surface area contributed by atoms with Crippen LogP contribution in [0.5, 0.6) is 0 Å². The molecule has 0 N–H and O–H groups in total. The molecule has 1 heterocycles. The van der Waals surface area contributed by atoms with Crippen LogP contribution in [0.4, 0.5) is 0 Å². The molecule has 2 rings (SSSR count). The molecule has 0 aliphatic heterocycles. The average molecular weight is 313 g/mol. The van der Waals surface area contributed by atoms with E-state index >= 15 is 0 Å². The number of carbonyl (C=O) groups is 1. The van der Waals surface area contributed by atoms with Crippen molar-refractivity contribution in [2.75, 3.05) is 6.61 Å². The summed E-state index contributed by atoms with van der Waals surface area (Å²) in [5, 5.41) is 5.40. The third-order valence-electron chi connectivity index (χ3n) is 2.80. The lowest BCUT2D eigenvalue weighted by Gasteiger charge is -2.07. The van der Waals surface area contributed by atoms with Gasteiger partial charge in [0.2, 0.25) is 0 Å². The first-order valence-electron chi connectivity index (χ1n) is 6.16. The topological polar surface area (TPSA) is 44.1 Å². The van der Waals surface area contributed by atoms with Crippen molar-refractivity contribution < 1.29 is 9.53 Å². The summed E-state index contributed by atoms with van der Waals surface area (Å²) in [7, 11) is 0. The van der Waals surface area contributed by atoms with E-state index in [0.29, 0.717) is 28.9 Å². The summed E-state index contributed by atoms with van der Waals surface area (Å²) in [5.41, 5.74) is 2.05. The number of esters is 1. The SMILES string of the molecule is CCOC(=O)c1cc(C)n(Cc2ccc(Cl)cc2Cl)n1. The molecule has 0 aliphatic rings. The number of ether oxygens (including phenoxy) is 1. The molecule has 1 aromatic carbocycles. The second kappa shape index (κ2) is 6.29. The van der Waals surface area contributed by atoms with Gasteiger partial charge in [0.25, 0.3) is 0 Å². The zero-order valence-electron chi connectivity index (χ0n) is 11.2. The largest absolute Gasteiger partial charge is 0.461 e. The normalized spacial score (nSPS) is 10.6. The van der Waals surface area contributed by atoms with E-state index in [0.717, 1.165) is 11.3 Å². The lowest BCUT2D eigenvalue weighted by molar-refractivity contribution is 0.0518. The van der Waals surface area contributed by atoms with Crippen LogP contribution in [0.2, 0.25) is 10.0 Å². The third-order valence-corrected chi connectivity index (χ3v) is 3.39. The minimum Gasteiger partial charge on any atom is -0.461 e. The van der Waals surface area contributed by atoms with E-state index < -0.39 is 5.97 Å². The van der Waals surface area contributed by atoms with Crippen molar-refractivity contribution in [3.8, 4) is 0 Å². The van der Waals surface area contributed by atoms with Crippen LogP contribution >= 0.6 is 23.2 Å². The molecule has 0 radical (unpaired) electrons. The summed E-state index contributed by atoms with van der Waals surface area (Å²) in [6.07, 6.45) is 0. The fourth-order valence-corrected chi connectivity index (χ4v) is 2.25. The monoisotopic (exact) mass is 312 g/mol. The minimum absolute atomic E-state index is 0.300. The van der Waals surface area contributed by atoms with Crippen molar-refractivity contribution in [3.05, 3.63) is 51.3 Å². The van der Waals surface area contributed by atoms with Crippen molar-refractivity contribution >= 4 is 29.2 Å². The van der Waals surface area contributed by atoms with Gasteiger partial charge >= 0.3 is 5.97 Å². The smallest absolute Gasteiger partial charge is 0.358 e. The Morgan fingerprint density at radius 3 is 2.75 bits per heavy atom. The van der Waals surface area contributed by atoms with Crippen LogP contribution in [0.25, 0.3) is 0 Å². The van der Waals surface area contributed by atoms with Crippen LogP contribution in [-0.2, 0) is 11.3 Å². The Morgan fingerprint density at radius 1 is 1.35 bits per heavy atom. The molecule has 4 nitrogen and oxygen atoms in total. The van der Waals surface area contributed by atoms with Gasteiger partial charge in [-0.3, -0.25) is 4.68 Å². The highest BCUT2D eigenvalue weighted by molar-refractivity contribution is 6.35. The summed E-state index contributed by atoms with van der Waals surface area (Å²) >= 11 is 12.0. The fraction of sp³-hybridized carbons (Fsp3) is 0.286. The Hall–Kier alpha value is -1.52. The Bertz CT molecular complexity index is 638. The number of benzene rings is 1. The summed E-state index contributed by atoms with van der Waals surface area (Å²) in [5.74, 6) is -0.420. The van der Waals surface area contributed by atoms with Crippen LogP contribution in [-0.4, -0.2) is 22.4 Å². The zero-order chi connectivity index (χ0) is 14.7. The van der Waals surface area contributed by atoms with Gasteiger partial charge in [-0.2, -0.15) is 5.10 Å². The summed E-state index contributed by atoms with van der Waals surface area (Å²) in [4.78, 5) is 11.6. The molecule has 0 aliphatic carbocycles. The zero-order valence-corrected chi connectivity index (χ0v) is 12.7. The Kier molecular flexibility index (Phi) is 4.68. The molecular weight excluding hydrogens is 299 g/mol. The van der Waals surface area contributed by atoms with Crippen molar-refractivity contribution in [3.63, 3.8) is 0 Å². The highest BCUT2D eigenvalue weighted by Gasteiger charge is 2.14. The first kappa shape index (κ1) is 14.9. The van der Waals surface area contributed by atoms with E-state index in [4.69, 9.17) is 27.9 Å². The highest BCUT2D eigenvalue weighted by atomic mass is 35.5. The molecule has 0 bridgehead atoms. The molecule has 20 heavy (non-hydrogen) atoms. The van der Waals surface area contributed by atoms with E-state index in [1.165, 1.54) is 0 Å². The molecule has 0 fully saturated rings. The van der Waals surface area contributed by atoms with Gasteiger partial charge in [-0.1, -0.05) is 29.3 Å². The lowest BCUT2D eigenvalue weighted by Crippen LogP contribution is -2.08. The quantitative estimate of drug-likeness (QED) is 0.808. The predicted molar refractivity (Wildman–Crippen MR) is 78.5 cm³/mol. The molecule has 1 aromatic heterocycles. The standard InChI is InChI=1S/C14H14Cl2N2O2/c1-3-20-14(19)13-6-9(2)18(17-13)8-10-4-5-11(15)7-12(10)16/h4-7H,3,8H2,1-2H3. The van der Waals surface area contributed by atoms with Crippen molar-refractivity contribution in [2.24, 2.45) is 0 Å². The molecule has 0 unspecified atom stereocenters. The maximum Gasteiger partial charge on any atom is 0.358 e. The molecule has 2 aromatic rings. The van der Waals surface area contributed by atoms with Crippen LogP contribution in [0.1, 0.15) is 28.7 Å². The molecule has 106 valence electrons. The second-order valence-corrected chi connectivity index (χ2v) is 5.13. The highest BCUT2D eigenvalue weighted by Crippen LogP contribution is 2.22. The number of nitrogens with zero attached hydrogens (tertiary/aromatic N) is 2. The number of hydrogen-bond donors (Lipinski definition) is 0. The van der Waals surface area contributed by atoms with Crippen molar-refractivity contribution in [2.45, 2.75) is 20.4 Å². The van der Waals surface area contributed by atoms with E-state index in [1.807, 2.05) is 13.0 Å². The van der Waals surface area contributed by atoms with E-state index in [-0.39, 0.29) is 0 Å². The number of aryl methyl sites for hydroxylation is 1. The molecule has 0 atom stereocenters. The van der Waals surface area contributed by atoms with Gasteiger partial charge in [-0.25, -0.2) is 4.79 Å². The van der Waals surface area contributed by atoms with E-state index in [2.05, 4.69) is 5.10 Å². The first-order valence-corrected chi connectivity index (χ1v) is 6.92. The maximum absolute atomic E-state index is 11.6. The molecular formula is C14H14Cl2N2O2. The Balaban J connectivity index is 2.23. The van der Waals surface area contributed by atoms with Crippen LogP contribution in [0.15, 0.2) is 24.3 Å². The van der Waals surface area contributed by atoms with Gasteiger partial charge in [0.05, 0.1) is 13.2 Å². The maximum atomic E-state index is 11.6. The number of aromatic nitrogens is 2. The number of hydrogen-bond acceptors (Lipinski definition) is 3. The number of carbonyl (C=O) groups excluding carboxylic acids is 1. The molecule has 0 spiro atoms. The average Bonchev–Trinajstić information content (AvgIpc) is 2.75. The minimum atomic E-state index is -0.420. The van der Waals surface area contributed by atoms with Crippen molar-refractivity contribution in [1.82, 2.24) is 9.78 Å². The number of halogens is 2. The van der Waals surface area contributed by atoms with Gasteiger partial charge in [-0.15, -0.1) is 0 Å². The van der Waals surface area contributed by atoms with Crippen LogP contribution in [0.3, 0.4) is 0 Å². The molecule has 6 heteroatoms. The Labute approximate surface area is 127 Å². The summed E-state index contributed by atoms with van der Waals surface area (Å²) < 4.78 is 6.64. The van der Waals surface area contributed by atoms with Gasteiger partial charge in [0.1, 0.15) is 0 Å². The van der Waals surface area contributed by atoms with Gasteiger partial charge in [0.15, 0.2) is 5.69 Å².